The van der Waals surface area contributed by atoms with E-state index in [1.165, 1.54) is 12.1 Å². The summed E-state index contributed by atoms with van der Waals surface area (Å²) >= 11 is 0. The van der Waals surface area contributed by atoms with Gasteiger partial charge >= 0.3 is 6.09 Å². The van der Waals surface area contributed by atoms with Crippen LogP contribution in [0.25, 0.3) is 0 Å². The first-order valence-electron chi connectivity index (χ1n) is 14.3. The highest BCUT2D eigenvalue weighted by Crippen LogP contribution is 2.33. The van der Waals surface area contributed by atoms with Crippen LogP contribution >= 0.6 is 0 Å². The van der Waals surface area contributed by atoms with Gasteiger partial charge in [-0.2, -0.15) is 0 Å². The van der Waals surface area contributed by atoms with Gasteiger partial charge in [-0.15, -0.1) is 0 Å². The molecule has 2 heterocycles. The van der Waals surface area contributed by atoms with Crippen LogP contribution in [0.3, 0.4) is 0 Å². The molecular weight excluding hydrogens is 550 g/mol. The maximum Gasteiger partial charge on any atom is 0.407 e. The summed E-state index contributed by atoms with van der Waals surface area (Å²) in [5, 5.41) is 14.2. The average Bonchev–Trinajstić information content (AvgIpc) is 3.59. The lowest BCUT2D eigenvalue weighted by Gasteiger charge is -2.32. The number of alkyl carbamates (subject to hydrolysis) is 1. The molecule has 5 atom stereocenters. The largest absolute Gasteiger partial charge is 0.443 e. The molecular formula is C29H39N3O8S. The van der Waals surface area contributed by atoms with E-state index in [2.05, 4.69) is 5.32 Å². The number of aliphatic hydroxyl groups is 1. The normalized spacial score (nSPS) is 24.6. The quantitative estimate of drug-likeness (QED) is 0.266. The van der Waals surface area contributed by atoms with Gasteiger partial charge in [-0.1, -0.05) is 60.1 Å². The number of carbonyl (C=O) groups is 1. The lowest BCUT2D eigenvalue weighted by molar-refractivity contribution is -0.156. The van der Waals surface area contributed by atoms with Crippen molar-refractivity contribution in [3.05, 3.63) is 60.2 Å². The van der Waals surface area contributed by atoms with Crippen LogP contribution < -0.4 is 11.1 Å². The molecule has 0 bridgehead atoms. The fourth-order valence-corrected chi connectivity index (χ4v) is 6.98. The molecule has 3 aliphatic rings. The first kappa shape index (κ1) is 29.7. The molecule has 2 aliphatic heterocycles. The van der Waals surface area contributed by atoms with Crippen molar-refractivity contribution >= 4 is 21.8 Å². The number of hydroxylamine groups is 1. The summed E-state index contributed by atoms with van der Waals surface area (Å²) in [5.74, 6) is -0.0407. The zero-order valence-corrected chi connectivity index (χ0v) is 23.8. The lowest BCUT2D eigenvalue weighted by Crippen LogP contribution is -2.51. The fraction of sp³-hybridized carbons (Fsp3) is 0.552. The molecule has 4 N–H and O–H groups in total. The summed E-state index contributed by atoms with van der Waals surface area (Å²) in [7, 11) is -4.18. The number of hydrogen-bond donors (Lipinski definition) is 3. The predicted molar refractivity (Wildman–Crippen MR) is 150 cm³/mol. The highest BCUT2D eigenvalue weighted by molar-refractivity contribution is 7.89. The SMILES string of the molecule is Nc1cccc(S(=O)(=O)N(C[C@@H](O)[C@H](Cc2ccccc2)NC(=O)O[C@H]2CO[C@H]3OCC[C@H]32)OC2CCCCC2)c1. The monoisotopic (exact) mass is 589 g/mol. The van der Waals surface area contributed by atoms with Crippen molar-refractivity contribution < 1.29 is 37.4 Å². The smallest absolute Gasteiger partial charge is 0.407 e. The van der Waals surface area contributed by atoms with Crippen LogP contribution in [0.5, 0.6) is 0 Å². The van der Waals surface area contributed by atoms with Crippen molar-refractivity contribution in [3.63, 3.8) is 0 Å². The van der Waals surface area contributed by atoms with E-state index in [1.54, 1.807) is 12.1 Å². The number of ether oxygens (including phenoxy) is 3. The standard InChI is InChI=1S/C29H39N3O8S/c30-21-10-7-13-23(17-21)41(35,36)32(40-22-11-5-2-6-12-22)18-26(33)25(16-20-8-3-1-4-9-20)31-29(34)39-27-19-38-28-24(27)14-15-37-28/h1,3-4,7-10,13,17,22,24-28,33H,2,5-6,11-12,14-16,18-19,30H2,(H,31,34)/t24-,25-,26+,27-,28+/m0/s1. The van der Waals surface area contributed by atoms with E-state index >= 15 is 0 Å². The number of nitrogens with two attached hydrogens (primary N) is 1. The second kappa shape index (κ2) is 13.5. The molecule has 0 unspecified atom stereocenters. The summed E-state index contributed by atoms with van der Waals surface area (Å²) in [4.78, 5) is 19.0. The molecule has 12 heteroatoms. The van der Waals surface area contributed by atoms with Gasteiger partial charge in [0.1, 0.15) is 6.10 Å². The Hall–Kier alpha value is -2.74. The van der Waals surface area contributed by atoms with E-state index in [1.807, 2.05) is 30.3 Å². The number of anilines is 1. The Morgan fingerprint density at radius 1 is 1.07 bits per heavy atom. The molecule has 5 rings (SSSR count). The third kappa shape index (κ3) is 7.56. The van der Waals surface area contributed by atoms with Crippen molar-refractivity contribution in [2.75, 3.05) is 25.5 Å². The molecule has 3 fully saturated rings. The van der Waals surface area contributed by atoms with Gasteiger partial charge in [0.25, 0.3) is 10.0 Å². The molecule has 1 saturated carbocycles. The number of fused-ring (bicyclic) bond motifs is 1. The maximum atomic E-state index is 13.7. The Balaban J connectivity index is 1.34. The van der Waals surface area contributed by atoms with Crippen LogP contribution in [0.15, 0.2) is 59.5 Å². The number of nitrogen functional groups attached to an aromatic ring is 1. The third-order valence-electron chi connectivity index (χ3n) is 7.89. The summed E-state index contributed by atoms with van der Waals surface area (Å²) in [5.41, 5.74) is 7.02. The van der Waals surface area contributed by atoms with Crippen LogP contribution in [-0.2, 0) is 35.5 Å². The van der Waals surface area contributed by atoms with Crippen LogP contribution in [-0.4, -0.2) is 74.5 Å². The minimum absolute atomic E-state index is 0.0398. The molecule has 1 aliphatic carbocycles. The molecule has 2 aromatic carbocycles. The van der Waals surface area contributed by atoms with E-state index in [0.29, 0.717) is 25.1 Å². The highest BCUT2D eigenvalue weighted by atomic mass is 32.2. The molecule has 0 spiro atoms. The molecule has 224 valence electrons. The van der Waals surface area contributed by atoms with Crippen molar-refractivity contribution in [3.8, 4) is 0 Å². The Morgan fingerprint density at radius 3 is 2.61 bits per heavy atom. The number of carbonyl (C=O) groups excluding carboxylic acids is 1. The lowest BCUT2D eigenvalue weighted by atomic mass is 9.98. The minimum Gasteiger partial charge on any atom is -0.443 e. The summed E-state index contributed by atoms with van der Waals surface area (Å²) in [6.07, 6.45) is 2.14. The van der Waals surface area contributed by atoms with Crippen LogP contribution in [0.4, 0.5) is 10.5 Å². The number of nitrogens with zero attached hydrogens (tertiary/aromatic N) is 1. The number of benzene rings is 2. The first-order valence-corrected chi connectivity index (χ1v) is 15.7. The van der Waals surface area contributed by atoms with E-state index in [4.69, 9.17) is 24.8 Å². The van der Waals surface area contributed by atoms with E-state index in [-0.39, 0.29) is 36.2 Å². The molecule has 0 radical (unpaired) electrons. The van der Waals surface area contributed by atoms with Crippen LogP contribution in [0.1, 0.15) is 44.1 Å². The summed E-state index contributed by atoms with van der Waals surface area (Å²) in [6.45, 7) is 0.372. The van der Waals surface area contributed by atoms with Gasteiger partial charge in [0.05, 0.1) is 48.8 Å². The first-order chi connectivity index (χ1) is 19.8. The van der Waals surface area contributed by atoms with E-state index in [0.717, 1.165) is 35.7 Å². The summed E-state index contributed by atoms with van der Waals surface area (Å²) < 4.78 is 45.1. The number of sulfonamides is 1. The van der Waals surface area contributed by atoms with Gasteiger partial charge < -0.3 is 30.4 Å². The second-order valence-corrected chi connectivity index (χ2v) is 12.7. The molecule has 11 nitrogen and oxygen atoms in total. The minimum atomic E-state index is -4.18. The second-order valence-electron chi connectivity index (χ2n) is 10.9. The van der Waals surface area contributed by atoms with Crippen molar-refractivity contribution in [1.82, 2.24) is 9.79 Å². The van der Waals surface area contributed by atoms with Crippen LogP contribution in [0.2, 0.25) is 0 Å². The van der Waals surface area contributed by atoms with Gasteiger partial charge in [0.15, 0.2) is 6.29 Å². The zero-order valence-electron chi connectivity index (χ0n) is 23.0. The number of rotatable bonds is 11. The summed E-state index contributed by atoms with van der Waals surface area (Å²) in [6, 6.07) is 14.4. The Morgan fingerprint density at radius 2 is 1.85 bits per heavy atom. The van der Waals surface area contributed by atoms with E-state index in [9.17, 15) is 18.3 Å². The number of nitrogens with one attached hydrogen (secondary N) is 1. The van der Waals surface area contributed by atoms with Gasteiger partial charge in [0.2, 0.25) is 0 Å². The third-order valence-corrected chi connectivity index (χ3v) is 9.51. The van der Waals surface area contributed by atoms with Crippen LogP contribution in [0, 0.1) is 5.92 Å². The molecule has 2 aromatic rings. The Bertz CT molecular complexity index is 1260. The fourth-order valence-electron chi connectivity index (χ4n) is 5.63. The van der Waals surface area contributed by atoms with Crippen molar-refractivity contribution in [1.29, 1.82) is 0 Å². The number of aliphatic hydroxyl groups excluding tert-OH is 1. The molecule has 41 heavy (non-hydrogen) atoms. The predicted octanol–water partition coefficient (Wildman–Crippen LogP) is 2.98. The topological polar surface area (TPSA) is 150 Å². The Kier molecular flexibility index (Phi) is 9.79. The average molecular weight is 590 g/mol. The van der Waals surface area contributed by atoms with Gasteiger partial charge in [-0.05, 0) is 49.4 Å². The van der Waals surface area contributed by atoms with Gasteiger partial charge in [-0.25, -0.2) is 13.2 Å². The molecule has 1 amide bonds. The number of hydrogen-bond acceptors (Lipinski definition) is 9. The van der Waals surface area contributed by atoms with Crippen molar-refractivity contribution in [2.24, 2.45) is 5.92 Å². The van der Waals surface area contributed by atoms with E-state index < -0.39 is 40.9 Å². The van der Waals surface area contributed by atoms with Gasteiger partial charge in [0, 0.05) is 5.69 Å². The van der Waals surface area contributed by atoms with Crippen molar-refractivity contribution in [2.45, 2.75) is 80.5 Å². The Labute approximate surface area is 240 Å². The maximum absolute atomic E-state index is 13.7. The molecule has 0 aromatic heterocycles. The molecule has 2 saturated heterocycles. The zero-order chi connectivity index (χ0) is 28.8. The number of amides is 1. The highest BCUT2D eigenvalue weighted by Gasteiger charge is 2.44. The van der Waals surface area contributed by atoms with Gasteiger partial charge in [-0.3, -0.25) is 4.84 Å².